The van der Waals surface area contributed by atoms with Gasteiger partial charge in [-0.3, -0.25) is 4.79 Å². The van der Waals surface area contributed by atoms with E-state index < -0.39 is 11.8 Å². The van der Waals surface area contributed by atoms with Crippen LogP contribution in [0.15, 0.2) is 71.4 Å². The van der Waals surface area contributed by atoms with E-state index in [1.807, 2.05) is 19.1 Å². The Morgan fingerprint density at radius 2 is 1.85 bits per heavy atom. The molecule has 2 aliphatic rings. The molecule has 142 valence electrons. The fraction of sp³-hybridized carbons (Fsp3) is 0.435. The van der Waals surface area contributed by atoms with E-state index in [1.165, 1.54) is 12.5 Å². The van der Waals surface area contributed by atoms with Crippen molar-refractivity contribution in [3.8, 4) is 0 Å². The maximum atomic E-state index is 13.8. The average molecular weight is 360 g/mol. The molecular weight excluding hydrogens is 330 g/mol. The van der Waals surface area contributed by atoms with Crippen LogP contribution in [0.2, 0.25) is 0 Å². The zero-order valence-electron chi connectivity index (χ0n) is 16.4. The number of carbonyl (C=O) groups excluding carboxylic acids is 1. The molecule has 0 fully saturated rings. The minimum atomic E-state index is -2.90. The second-order valence-electron chi connectivity index (χ2n) is 6.71. The van der Waals surface area contributed by atoms with Crippen LogP contribution in [0.1, 0.15) is 53.4 Å². The maximum Gasteiger partial charge on any atom is 0.270 e. The molecule has 1 unspecified atom stereocenters. The van der Waals surface area contributed by atoms with Gasteiger partial charge in [0.05, 0.1) is 5.92 Å². The van der Waals surface area contributed by atoms with Gasteiger partial charge in [-0.05, 0) is 49.0 Å². The molecule has 1 nitrogen and oxygen atoms in total. The van der Waals surface area contributed by atoms with Gasteiger partial charge in [-0.25, -0.2) is 8.78 Å². The van der Waals surface area contributed by atoms with E-state index in [2.05, 4.69) is 27.0 Å². The first-order chi connectivity index (χ1) is 12.2. The largest absolute Gasteiger partial charge is 0.293 e. The third kappa shape index (κ3) is 5.23. The Morgan fingerprint density at radius 1 is 1.27 bits per heavy atom. The van der Waals surface area contributed by atoms with Crippen molar-refractivity contribution in [1.82, 2.24) is 0 Å². The van der Waals surface area contributed by atoms with Gasteiger partial charge in [0.25, 0.3) is 5.92 Å². The summed E-state index contributed by atoms with van der Waals surface area (Å²) in [6.45, 7) is 14.7. The predicted octanol–water partition coefficient (Wildman–Crippen LogP) is 6.91. The molecule has 0 aliphatic heterocycles. The van der Waals surface area contributed by atoms with E-state index in [0.29, 0.717) is 23.1 Å². The first-order valence-corrected chi connectivity index (χ1v) is 9.22. The van der Waals surface area contributed by atoms with Crippen LogP contribution >= 0.6 is 0 Å². The number of alkyl halides is 2. The monoisotopic (exact) mass is 360 g/mol. The van der Waals surface area contributed by atoms with Gasteiger partial charge in [0, 0.05) is 18.1 Å². The van der Waals surface area contributed by atoms with E-state index >= 15 is 0 Å². The lowest BCUT2D eigenvalue weighted by atomic mass is 9.75. The number of hydrogen-bond acceptors (Lipinski definition) is 1. The SMILES string of the molecule is C=CC1=C/C(=C/C)C(=C)C(CC2=CCCC=C2C(C)(F)F)C1=O.CCC. The summed E-state index contributed by atoms with van der Waals surface area (Å²) in [7, 11) is 0. The molecular formula is C23H30F2O. The molecule has 0 radical (unpaired) electrons. The lowest BCUT2D eigenvalue weighted by Gasteiger charge is -2.29. The summed E-state index contributed by atoms with van der Waals surface area (Å²) in [6, 6.07) is 0. The zero-order chi connectivity index (χ0) is 19.9. The molecule has 26 heavy (non-hydrogen) atoms. The summed E-state index contributed by atoms with van der Waals surface area (Å²) in [5, 5.41) is 0. The minimum Gasteiger partial charge on any atom is -0.293 e. The molecule has 1 atom stereocenters. The number of ketones is 1. The number of halogens is 2. The number of Topliss-reactive ketones (excluding diaryl/α,β-unsaturated/α-hetero) is 1. The van der Waals surface area contributed by atoms with Crippen molar-refractivity contribution in [1.29, 1.82) is 0 Å². The van der Waals surface area contributed by atoms with Gasteiger partial charge in [-0.1, -0.05) is 57.7 Å². The highest BCUT2D eigenvalue weighted by atomic mass is 19.3. The number of allylic oxidation sites excluding steroid dienone is 10. The summed E-state index contributed by atoms with van der Waals surface area (Å²) in [5.41, 5.74) is 2.67. The first-order valence-electron chi connectivity index (χ1n) is 9.22. The topological polar surface area (TPSA) is 17.1 Å². The third-order valence-electron chi connectivity index (χ3n) is 4.38. The standard InChI is InChI=1S/C20H22F2O.C3H8/c1-5-14-11-15(6-2)19(23)17(13(14)3)12-16-9-7-8-10-18(16)20(4,21)22;1-3-2/h5-6,9-11,17H,2-3,7-8,12H2,1,4H3;3H2,1-2H3/b14-5-;. The Morgan fingerprint density at radius 3 is 2.35 bits per heavy atom. The van der Waals surface area contributed by atoms with Crippen LogP contribution in [0, 0.1) is 5.92 Å². The maximum absolute atomic E-state index is 13.8. The van der Waals surface area contributed by atoms with Crippen LogP contribution in [-0.2, 0) is 4.79 Å². The van der Waals surface area contributed by atoms with Gasteiger partial charge < -0.3 is 0 Å². The summed E-state index contributed by atoms with van der Waals surface area (Å²) in [5.74, 6) is -3.50. The van der Waals surface area contributed by atoms with Crippen LogP contribution in [0.4, 0.5) is 8.78 Å². The van der Waals surface area contributed by atoms with E-state index in [-0.39, 0.29) is 17.8 Å². The molecule has 0 aromatic rings. The minimum absolute atomic E-state index is 0.0427. The second kappa shape index (κ2) is 9.61. The van der Waals surface area contributed by atoms with E-state index in [1.54, 1.807) is 12.2 Å². The summed E-state index contributed by atoms with van der Waals surface area (Å²) < 4.78 is 27.7. The molecule has 0 bridgehead atoms. The normalized spacial score (nSPS) is 22.2. The van der Waals surface area contributed by atoms with Crippen LogP contribution in [0.25, 0.3) is 0 Å². The van der Waals surface area contributed by atoms with Crippen LogP contribution in [0.3, 0.4) is 0 Å². The van der Waals surface area contributed by atoms with Crippen molar-refractivity contribution in [2.75, 3.05) is 0 Å². The van der Waals surface area contributed by atoms with Gasteiger partial charge >= 0.3 is 0 Å². The Labute approximate surface area is 156 Å². The Kier molecular flexibility index (Phi) is 8.13. The smallest absolute Gasteiger partial charge is 0.270 e. The molecule has 2 rings (SSSR count). The van der Waals surface area contributed by atoms with Crippen LogP contribution in [0.5, 0.6) is 0 Å². The number of hydrogen-bond donors (Lipinski definition) is 0. The highest BCUT2D eigenvalue weighted by molar-refractivity contribution is 6.04. The summed E-state index contributed by atoms with van der Waals surface area (Å²) >= 11 is 0. The highest BCUT2D eigenvalue weighted by Crippen LogP contribution is 2.40. The summed E-state index contributed by atoms with van der Waals surface area (Å²) in [4.78, 5) is 12.6. The van der Waals surface area contributed by atoms with Gasteiger partial charge in [-0.2, -0.15) is 0 Å². The second-order valence-corrected chi connectivity index (χ2v) is 6.71. The van der Waals surface area contributed by atoms with Crippen molar-refractivity contribution in [3.05, 3.63) is 71.4 Å². The molecule has 0 aromatic heterocycles. The molecule has 0 amide bonds. The van der Waals surface area contributed by atoms with E-state index in [4.69, 9.17) is 0 Å². The lowest BCUT2D eigenvalue weighted by Crippen LogP contribution is -2.26. The van der Waals surface area contributed by atoms with E-state index in [9.17, 15) is 13.6 Å². The van der Waals surface area contributed by atoms with Crippen molar-refractivity contribution in [3.63, 3.8) is 0 Å². The molecule has 3 heteroatoms. The molecule has 0 saturated carbocycles. The third-order valence-corrected chi connectivity index (χ3v) is 4.38. The molecule has 0 N–H and O–H groups in total. The van der Waals surface area contributed by atoms with Crippen molar-refractivity contribution >= 4 is 5.78 Å². The van der Waals surface area contributed by atoms with Gasteiger partial charge in [0.15, 0.2) is 5.78 Å². The average Bonchev–Trinajstić information content (AvgIpc) is 2.59. The fourth-order valence-corrected chi connectivity index (χ4v) is 3.14. The van der Waals surface area contributed by atoms with Crippen molar-refractivity contribution in [2.45, 2.75) is 59.3 Å². The molecule has 0 heterocycles. The fourth-order valence-electron chi connectivity index (χ4n) is 3.14. The van der Waals surface area contributed by atoms with Crippen LogP contribution in [-0.4, -0.2) is 11.7 Å². The van der Waals surface area contributed by atoms with Crippen molar-refractivity contribution < 1.29 is 13.6 Å². The molecule has 0 aromatic carbocycles. The van der Waals surface area contributed by atoms with Gasteiger partial charge in [0.1, 0.15) is 0 Å². The Hall–Kier alpha value is -2.03. The number of rotatable bonds is 4. The van der Waals surface area contributed by atoms with E-state index in [0.717, 1.165) is 18.9 Å². The summed E-state index contributed by atoms with van der Waals surface area (Å²) in [6.07, 6.45) is 11.4. The zero-order valence-corrected chi connectivity index (χ0v) is 16.4. The Balaban J connectivity index is 0.00000105. The molecule has 0 saturated heterocycles. The first kappa shape index (κ1) is 22.0. The van der Waals surface area contributed by atoms with Gasteiger partial charge in [0.2, 0.25) is 0 Å². The van der Waals surface area contributed by atoms with Gasteiger partial charge in [-0.15, -0.1) is 0 Å². The highest BCUT2D eigenvalue weighted by Gasteiger charge is 2.35. The van der Waals surface area contributed by atoms with Crippen molar-refractivity contribution in [2.24, 2.45) is 5.92 Å². The predicted molar refractivity (Wildman–Crippen MR) is 106 cm³/mol. The molecule has 2 aliphatic carbocycles. The Bertz CT molecular complexity index is 681. The quantitative estimate of drug-likeness (QED) is 0.532. The number of carbonyl (C=O) groups is 1. The van der Waals surface area contributed by atoms with Crippen LogP contribution < -0.4 is 0 Å². The lowest BCUT2D eigenvalue weighted by molar-refractivity contribution is -0.118. The molecule has 0 spiro atoms.